The molecule has 0 amide bonds. The Hall–Kier alpha value is -1.50. The molecule has 6 nitrogen and oxygen atoms in total. The lowest BCUT2D eigenvalue weighted by Gasteiger charge is -2.14. The van der Waals surface area contributed by atoms with Gasteiger partial charge in [-0.1, -0.05) is 6.92 Å². The zero-order chi connectivity index (χ0) is 14.0. The summed E-state index contributed by atoms with van der Waals surface area (Å²) in [6.45, 7) is 4.72. The molecule has 98 valence electrons. The van der Waals surface area contributed by atoms with Gasteiger partial charge in [-0.25, -0.2) is 0 Å². The van der Waals surface area contributed by atoms with Crippen molar-refractivity contribution in [1.29, 1.82) is 0 Å². The Labute approximate surface area is 112 Å². The van der Waals surface area contributed by atoms with Crippen molar-refractivity contribution in [2.24, 2.45) is 0 Å². The van der Waals surface area contributed by atoms with Crippen LogP contribution in [0.5, 0.6) is 0 Å². The number of aromatic nitrogens is 1. The van der Waals surface area contributed by atoms with Crippen LogP contribution in [0.15, 0.2) is 15.5 Å². The van der Waals surface area contributed by atoms with E-state index in [0.717, 1.165) is 10.8 Å². The van der Waals surface area contributed by atoms with Crippen molar-refractivity contribution in [3.8, 4) is 0 Å². The minimum absolute atomic E-state index is 0.118. The molecular weight excluding hydrogens is 304 g/mol. The lowest BCUT2D eigenvalue weighted by atomic mass is 10.1. The van der Waals surface area contributed by atoms with Gasteiger partial charge in [-0.3, -0.25) is 24.3 Å². The Balaban J connectivity index is 3.51. The number of pyridine rings is 1. The fourth-order valence-electron chi connectivity index (χ4n) is 1.60. The van der Waals surface area contributed by atoms with Crippen molar-refractivity contribution in [2.75, 3.05) is 0 Å². The van der Waals surface area contributed by atoms with E-state index in [2.05, 4.69) is 15.9 Å². The number of Topliss-reactive ketones (excluding diaryl/α,β-unsaturated/α-hetero) is 1. The van der Waals surface area contributed by atoms with E-state index in [9.17, 15) is 19.7 Å². The van der Waals surface area contributed by atoms with Crippen molar-refractivity contribution < 1.29 is 9.72 Å². The van der Waals surface area contributed by atoms with Crippen molar-refractivity contribution >= 4 is 27.4 Å². The third-order valence-corrected chi connectivity index (χ3v) is 3.76. The molecule has 18 heavy (non-hydrogen) atoms. The van der Waals surface area contributed by atoms with Crippen molar-refractivity contribution in [3.63, 3.8) is 0 Å². The fourth-order valence-corrected chi connectivity index (χ4v) is 2.00. The van der Waals surface area contributed by atoms with Gasteiger partial charge in [-0.15, -0.1) is 0 Å². The van der Waals surface area contributed by atoms with Crippen molar-refractivity contribution in [2.45, 2.75) is 33.2 Å². The van der Waals surface area contributed by atoms with E-state index in [0.29, 0.717) is 0 Å². The lowest BCUT2D eigenvalue weighted by molar-refractivity contribution is -0.386. The van der Waals surface area contributed by atoms with Gasteiger partial charge in [0.05, 0.1) is 21.6 Å². The highest BCUT2D eigenvalue weighted by atomic mass is 79.9. The Morgan fingerprint density at radius 1 is 1.61 bits per heavy atom. The molecule has 1 rings (SSSR count). The van der Waals surface area contributed by atoms with E-state index in [1.807, 2.05) is 0 Å². The Morgan fingerprint density at radius 3 is 2.61 bits per heavy atom. The largest absolute Gasteiger partial charge is 0.297 e. The zero-order valence-corrected chi connectivity index (χ0v) is 11.9. The third kappa shape index (κ3) is 2.50. The number of carbonyl (C=O) groups is 1. The second kappa shape index (κ2) is 5.43. The molecule has 0 spiro atoms. The van der Waals surface area contributed by atoms with E-state index < -0.39 is 16.5 Å². The summed E-state index contributed by atoms with van der Waals surface area (Å²) in [5.74, 6) is -0.151. The molecule has 0 N–H and O–H groups in total. The summed E-state index contributed by atoms with van der Waals surface area (Å²) < 4.78 is 1.22. The van der Waals surface area contributed by atoms with Crippen molar-refractivity contribution in [3.05, 3.63) is 36.7 Å². The molecule has 1 aromatic heterocycles. The average molecular weight is 317 g/mol. The highest BCUT2D eigenvalue weighted by Gasteiger charge is 2.22. The molecule has 0 aliphatic rings. The molecule has 0 saturated heterocycles. The topological polar surface area (TPSA) is 82.2 Å². The van der Waals surface area contributed by atoms with Gasteiger partial charge >= 0.3 is 0 Å². The summed E-state index contributed by atoms with van der Waals surface area (Å²) in [6.07, 6.45) is 1.40. The quantitative estimate of drug-likeness (QED) is 0.630. The second-order valence-corrected chi connectivity index (χ2v) is 4.71. The summed E-state index contributed by atoms with van der Waals surface area (Å²) in [4.78, 5) is 33.9. The average Bonchev–Trinajstić information content (AvgIpc) is 2.34. The van der Waals surface area contributed by atoms with Gasteiger partial charge in [0, 0.05) is 12.0 Å². The molecule has 0 bridgehead atoms. The zero-order valence-electron chi connectivity index (χ0n) is 10.3. The molecule has 1 aromatic rings. The maximum atomic E-state index is 12.0. The van der Waals surface area contributed by atoms with Crippen LogP contribution >= 0.6 is 15.9 Å². The van der Waals surface area contributed by atoms with E-state index in [1.54, 1.807) is 13.8 Å². The molecule has 0 aliphatic heterocycles. The number of nitro groups is 1. The first kappa shape index (κ1) is 14.6. The summed E-state index contributed by atoms with van der Waals surface area (Å²) in [7, 11) is 0. The molecule has 0 radical (unpaired) electrons. The number of ketones is 1. The molecule has 1 atom stereocenters. The lowest BCUT2D eigenvalue weighted by Crippen LogP contribution is -2.29. The van der Waals surface area contributed by atoms with Gasteiger partial charge in [0.2, 0.25) is 0 Å². The van der Waals surface area contributed by atoms with Crippen LogP contribution in [0.3, 0.4) is 0 Å². The van der Waals surface area contributed by atoms with Crippen LogP contribution in [0, 0.1) is 17.0 Å². The summed E-state index contributed by atoms with van der Waals surface area (Å²) in [5, 5.41) is 10.9. The molecule has 1 heterocycles. The first-order valence-electron chi connectivity index (χ1n) is 5.39. The molecule has 0 aliphatic carbocycles. The number of nitrogens with zero attached hydrogens (tertiary/aromatic N) is 2. The monoisotopic (exact) mass is 316 g/mol. The molecule has 0 aromatic carbocycles. The maximum absolute atomic E-state index is 12.0. The number of rotatable bonds is 4. The minimum Gasteiger partial charge on any atom is -0.297 e. The minimum atomic E-state index is -0.710. The third-order valence-electron chi connectivity index (χ3n) is 2.83. The SMILES string of the molecule is CCC(=O)C(C)n1cc([N+](=O)[O-])c(C)c(Br)c1=O. The van der Waals surface area contributed by atoms with E-state index in [4.69, 9.17) is 0 Å². The van der Waals surface area contributed by atoms with Crippen LogP contribution in [-0.2, 0) is 4.79 Å². The van der Waals surface area contributed by atoms with Crippen molar-refractivity contribution in [1.82, 2.24) is 4.57 Å². The molecule has 1 unspecified atom stereocenters. The van der Waals surface area contributed by atoms with E-state index >= 15 is 0 Å². The van der Waals surface area contributed by atoms with Gasteiger partial charge < -0.3 is 0 Å². The van der Waals surface area contributed by atoms with Crippen LogP contribution in [-0.4, -0.2) is 15.3 Å². The molecular formula is C11H13BrN2O4. The van der Waals surface area contributed by atoms with Crippen LogP contribution in [0.2, 0.25) is 0 Å². The summed E-state index contributed by atoms with van der Waals surface area (Å²) >= 11 is 3.04. The van der Waals surface area contributed by atoms with Crippen LogP contribution in [0.25, 0.3) is 0 Å². The van der Waals surface area contributed by atoms with Gasteiger partial charge in [-0.2, -0.15) is 0 Å². The normalized spacial score (nSPS) is 12.2. The Kier molecular flexibility index (Phi) is 4.39. The molecule has 0 fully saturated rings. The summed E-state index contributed by atoms with van der Waals surface area (Å²) in [6, 6.07) is -0.710. The first-order chi connectivity index (χ1) is 8.31. The first-order valence-corrected chi connectivity index (χ1v) is 6.18. The van der Waals surface area contributed by atoms with Crippen LogP contribution in [0.4, 0.5) is 5.69 Å². The number of halogens is 1. The second-order valence-electron chi connectivity index (χ2n) is 3.92. The smallest absolute Gasteiger partial charge is 0.289 e. The highest BCUT2D eigenvalue weighted by Crippen LogP contribution is 2.24. The maximum Gasteiger partial charge on any atom is 0.289 e. The van der Waals surface area contributed by atoms with Crippen LogP contribution in [0.1, 0.15) is 31.9 Å². The fraction of sp³-hybridized carbons (Fsp3) is 0.455. The Bertz CT molecular complexity index is 565. The standard InChI is InChI=1S/C11H13BrN2O4/c1-4-9(15)7(3)13-5-8(14(17)18)6(2)10(12)11(13)16/h5,7H,4H2,1-3H3. The number of hydrogen-bond acceptors (Lipinski definition) is 4. The number of hydrogen-bond donors (Lipinski definition) is 0. The molecule has 0 saturated carbocycles. The van der Waals surface area contributed by atoms with E-state index in [1.165, 1.54) is 6.92 Å². The van der Waals surface area contributed by atoms with Gasteiger partial charge in [0.15, 0.2) is 5.78 Å². The van der Waals surface area contributed by atoms with E-state index in [-0.39, 0.29) is 27.9 Å². The molecule has 7 heteroatoms. The van der Waals surface area contributed by atoms with Gasteiger partial charge in [-0.05, 0) is 29.8 Å². The summed E-state index contributed by atoms with van der Waals surface area (Å²) in [5.41, 5.74) is -0.359. The van der Waals surface area contributed by atoms with Crippen LogP contribution < -0.4 is 5.56 Å². The number of carbonyl (C=O) groups excluding carboxylic acids is 1. The van der Waals surface area contributed by atoms with Gasteiger partial charge in [0.25, 0.3) is 11.2 Å². The predicted molar refractivity (Wildman–Crippen MR) is 69.8 cm³/mol. The Morgan fingerprint density at radius 2 is 2.17 bits per heavy atom. The highest BCUT2D eigenvalue weighted by molar-refractivity contribution is 9.10. The predicted octanol–water partition coefficient (Wildman–Crippen LogP) is 2.37. The van der Waals surface area contributed by atoms with Gasteiger partial charge in [0.1, 0.15) is 0 Å².